The van der Waals surface area contributed by atoms with Gasteiger partial charge in [-0.2, -0.15) is 0 Å². The van der Waals surface area contributed by atoms with Gasteiger partial charge in [0.05, 0.1) is 0 Å². The van der Waals surface area contributed by atoms with Crippen molar-refractivity contribution in [3.05, 3.63) is 12.4 Å². The molecule has 1 fully saturated rings. The smallest absolute Gasteiger partial charge is 0.133 e. The molecular formula is C15H27N5. The summed E-state index contributed by atoms with van der Waals surface area (Å²) in [5.41, 5.74) is 0. The highest BCUT2D eigenvalue weighted by Crippen LogP contribution is 2.20. The molecule has 1 aliphatic rings. The van der Waals surface area contributed by atoms with Crippen molar-refractivity contribution >= 4 is 11.6 Å². The Morgan fingerprint density at radius 3 is 3.00 bits per heavy atom. The molecule has 5 heteroatoms. The molecule has 1 unspecified atom stereocenters. The number of rotatable bonds is 7. The van der Waals surface area contributed by atoms with E-state index in [-0.39, 0.29) is 0 Å². The lowest BCUT2D eigenvalue weighted by Gasteiger charge is -2.28. The second-order valence-electron chi connectivity index (χ2n) is 5.49. The van der Waals surface area contributed by atoms with E-state index in [1.807, 2.05) is 6.07 Å². The van der Waals surface area contributed by atoms with Crippen LogP contribution in [0.15, 0.2) is 12.4 Å². The minimum absolute atomic E-state index is 0.659. The number of likely N-dealkylation sites (N-methyl/N-ethyl adjacent to an activating group) is 2. The third-order valence-corrected chi connectivity index (χ3v) is 3.99. The van der Waals surface area contributed by atoms with Gasteiger partial charge in [-0.3, -0.25) is 4.90 Å². The lowest BCUT2D eigenvalue weighted by atomic mass is 10.2. The zero-order valence-electron chi connectivity index (χ0n) is 13.0. The molecule has 0 saturated carbocycles. The Kier molecular flexibility index (Phi) is 5.59. The number of hydrogen-bond acceptors (Lipinski definition) is 5. The Morgan fingerprint density at radius 2 is 2.25 bits per heavy atom. The van der Waals surface area contributed by atoms with Gasteiger partial charge in [-0.25, -0.2) is 9.97 Å². The van der Waals surface area contributed by atoms with E-state index < -0.39 is 0 Å². The highest BCUT2D eigenvalue weighted by atomic mass is 15.2. The summed E-state index contributed by atoms with van der Waals surface area (Å²) in [5.74, 6) is 1.92. The Hall–Kier alpha value is -1.36. The van der Waals surface area contributed by atoms with Crippen molar-refractivity contribution in [1.82, 2.24) is 14.9 Å². The Bertz CT molecular complexity index is 409. The molecule has 1 N–H and O–H groups in total. The van der Waals surface area contributed by atoms with Gasteiger partial charge in [-0.15, -0.1) is 0 Å². The van der Waals surface area contributed by atoms with Gasteiger partial charge in [0.15, 0.2) is 0 Å². The molecule has 0 amide bonds. The average molecular weight is 277 g/mol. The average Bonchev–Trinajstić information content (AvgIpc) is 2.92. The Labute approximate surface area is 122 Å². The fourth-order valence-electron chi connectivity index (χ4n) is 2.83. The number of hydrogen-bond donors (Lipinski definition) is 1. The van der Waals surface area contributed by atoms with Gasteiger partial charge in [0, 0.05) is 32.2 Å². The predicted molar refractivity (Wildman–Crippen MR) is 84.4 cm³/mol. The summed E-state index contributed by atoms with van der Waals surface area (Å²) in [5, 5.41) is 3.31. The quantitative estimate of drug-likeness (QED) is 0.828. The summed E-state index contributed by atoms with van der Waals surface area (Å²) < 4.78 is 0. The van der Waals surface area contributed by atoms with Crippen LogP contribution in [0.3, 0.4) is 0 Å². The maximum atomic E-state index is 4.40. The minimum Gasteiger partial charge on any atom is -0.370 e. The molecule has 0 spiro atoms. The van der Waals surface area contributed by atoms with E-state index in [1.165, 1.54) is 19.4 Å². The van der Waals surface area contributed by atoms with Gasteiger partial charge in [0.2, 0.25) is 0 Å². The topological polar surface area (TPSA) is 44.3 Å². The third-order valence-electron chi connectivity index (χ3n) is 3.99. The lowest BCUT2D eigenvalue weighted by molar-refractivity contribution is 0.270. The summed E-state index contributed by atoms with van der Waals surface area (Å²) in [6.45, 7) is 8.77. The summed E-state index contributed by atoms with van der Waals surface area (Å²) >= 11 is 0. The zero-order valence-corrected chi connectivity index (χ0v) is 13.0. The molecule has 0 radical (unpaired) electrons. The van der Waals surface area contributed by atoms with E-state index in [0.29, 0.717) is 6.04 Å². The molecule has 1 atom stereocenters. The molecule has 0 bridgehead atoms. The van der Waals surface area contributed by atoms with Crippen LogP contribution in [0.2, 0.25) is 0 Å². The van der Waals surface area contributed by atoms with Crippen molar-refractivity contribution in [1.29, 1.82) is 0 Å². The van der Waals surface area contributed by atoms with Crippen molar-refractivity contribution in [3.63, 3.8) is 0 Å². The summed E-state index contributed by atoms with van der Waals surface area (Å²) in [6.07, 6.45) is 5.36. The van der Waals surface area contributed by atoms with Crippen molar-refractivity contribution in [2.24, 2.45) is 0 Å². The molecule has 1 aliphatic heterocycles. The number of likely N-dealkylation sites (tertiary alicyclic amines) is 1. The molecule has 5 nitrogen and oxygen atoms in total. The Morgan fingerprint density at radius 1 is 1.40 bits per heavy atom. The van der Waals surface area contributed by atoms with Gasteiger partial charge in [-0.1, -0.05) is 13.8 Å². The van der Waals surface area contributed by atoms with Crippen molar-refractivity contribution < 1.29 is 0 Å². The molecule has 0 aromatic carbocycles. The Balaban J connectivity index is 1.96. The largest absolute Gasteiger partial charge is 0.370 e. The molecule has 1 aromatic rings. The van der Waals surface area contributed by atoms with Crippen LogP contribution in [0.1, 0.15) is 33.1 Å². The van der Waals surface area contributed by atoms with Crippen LogP contribution in [-0.4, -0.2) is 54.1 Å². The van der Waals surface area contributed by atoms with Crippen LogP contribution in [0.25, 0.3) is 0 Å². The van der Waals surface area contributed by atoms with E-state index in [9.17, 15) is 0 Å². The van der Waals surface area contributed by atoms with Crippen molar-refractivity contribution in [2.45, 2.75) is 39.2 Å². The molecule has 112 valence electrons. The standard InChI is InChI=1S/C15H27N5/c1-4-8-16-14-10-15(18-12-17-14)19(3)11-13-7-6-9-20(13)5-2/h10,12-13H,4-9,11H2,1-3H3,(H,16,17,18). The van der Waals surface area contributed by atoms with Crippen molar-refractivity contribution in [3.8, 4) is 0 Å². The first-order valence-electron chi connectivity index (χ1n) is 7.75. The second kappa shape index (κ2) is 7.43. The van der Waals surface area contributed by atoms with E-state index in [4.69, 9.17) is 0 Å². The number of aromatic nitrogens is 2. The molecule has 20 heavy (non-hydrogen) atoms. The molecule has 1 saturated heterocycles. The number of anilines is 2. The fourth-order valence-corrected chi connectivity index (χ4v) is 2.83. The second-order valence-corrected chi connectivity index (χ2v) is 5.49. The highest BCUT2D eigenvalue weighted by molar-refractivity contribution is 5.48. The van der Waals surface area contributed by atoms with E-state index in [0.717, 1.165) is 37.7 Å². The lowest BCUT2D eigenvalue weighted by Crippen LogP contribution is -2.39. The van der Waals surface area contributed by atoms with E-state index in [2.05, 4.69) is 46.0 Å². The monoisotopic (exact) mass is 277 g/mol. The molecule has 2 heterocycles. The maximum absolute atomic E-state index is 4.40. The van der Waals surface area contributed by atoms with Gasteiger partial charge >= 0.3 is 0 Å². The van der Waals surface area contributed by atoms with Gasteiger partial charge in [-0.05, 0) is 32.4 Å². The van der Waals surface area contributed by atoms with Gasteiger partial charge < -0.3 is 10.2 Å². The number of nitrogens with zero attached hydrogens (tertiary/aromatic N) is 4. The van der Waals surface area contributed by atoms with Crippen LogP contribution < -0.4 is 10.2 Å². The summed E-state index contributed by atoms with van der Waals surface area (Å²) in [7, 11) is 2.12. The van der Waals surface area contributed by atoms with Crippen LogP contribution in [0, 0.1) is 0 Å². The zero-order chi connectivity index (χ0) is 14.4. The first-order chi connectivity index (χ1) is 9.74. The van der Waals surface area contributed by atoms with Crippen molar-refractivity contribution in [2.75, 3.05) is 43.4 Å². The van der Waals surface area contributed by atoms with Gasteiger partial charge in [0.1, 0.15) is 18.0 Å². The van der Waals surface area contributed by atoms with Crippen LogP contribution >= 0.6 is 0 Å². The predicted octanol–water partition coefficient (Wildman–Crippen LogP) is 2.22. The highest BCUT2D eigenvalue weighted by Gasteiger charge is 2.24. The van der Waals surface area contributed by atoms with E-state index in [1.54, 1.807) is 6.33 Å². The molecule has 2 rings (SSSR count). The number of nitrogens with one attached hydrogen (secondary N) is 1. The SMILES string of the molecule is CCCNc1cc(N(C)CC2CCCN2CC)ncn1. The summed E-state index contributed by atoms with van der Waals surface area (Å²) in [4.78, 5) is 13.5. The van der Waals surface area contributed by atoms with Crippen LogP contribution in [0.5, 0.6) is 0 Å². The molecule has 1 aromatic heterocycles. The summed E-state index contributed by atoms with van der Waals surface area (Å²) in [6, 6.07) is 2.70. The van der Waals surface area contributed by atoms with Crippen LogP contribution in [0.4, 0.5) is 11.6 Å². The molecule has 0 aliphatic carbocycles. The van der Waals surface area contributed by atoms with Gasteiger partial charge in [0.25, 0.3) is 0 Å². The first-order valence-corrected chi connectivity index (χ1v) is 7.75. The first kappa shape index (κ1) is 15.0. The third kappa shape index (κ3) is 3.82. The maximum Gasteiger partial charge on any atom is 0.133 e. The fraction of sp³-hybridized carbons (Fsp3) is 0.733. The molecular weight excluding hydrogens is 250 g/mol. The van der Waals surface area contributed by atoms with Crippen LogP contribution in [-0.2, 0) is 0 Å². The van der Waals surface area contributed by atoms with E-state index >= 15 is 0 Å². The minimum atomic E-state index is 0.659. The normalized spacial score (nSPS) is 19.2.